The van der Waals surface area contributed by atoms with Crippen LogP contribution in [-0.4, -0.2) is 78.9 Å². The minimum Gasteiger partial charge on any atom is -0.491 e. The molecule has 0 unspecified atom stereocenters. The van der Waals surface area contributed by atoms with E-state index in [0.717, 1.165) is 5.69 Å². The van der Waals surface area contributed by atoms with Gasteiger partial charge in [-0.2, -0.15) is 9.40 Å². The molecule has 46 heavy (non-hydrogen) atoms. The largest absolute Gasteiger partial charge is 0.491 e. The third kappa shape index (κ3) is 7.14. The molecule has 6 rings (SSSR count). The second-order valence-electron chi connectivity index (χ2n) is 10.9. The van der Waals surface area contributed by atoms with Gasteiger partial charge in [-0.25, -0.2) is 18.1 Å². The molecule has 3 heterocycles. The molecule has 4 aromatic rings. The van der Waals surface area contributed by atoms with Gasteiger partial charge in [0.15, 0.2) is 0 Å². The Kier molecular flexibility index (Phi) is 9.50. The van der Waals surface area contributed by atoms with E-state index in [-0.39, 0.29) is 36.7 Å². The summed E-state index contributed by atoms with van der Waals surface area (Å²) in [6.45, 7) is 3.93. The molecule has 2 saturated heterocycles. The fourth-order valence-corrected chi connectivity index (χ4v) is 7.45. The molecule has 0 aliphatic carbocycles. The Balaban J connectivity index is 1.03. The highest BCUT2D eigenvalue weighted by Gasteiger charge is 2.45. The van der Waals surface area contributed by atoms with Crippen molar-refractivity contribution in [2.45, 2.75) is 30.3 Å². The lowest BCUT2D eigenvalue weighted by atomic mass is 10.1. The molecule has 1 N–H and O–H groups in total. The van der Waals surface area contributed by atoms with Gasteiger partial charge in [-0.05, 0) is 60.7 Å². The topological polar surface area (TPSA) is 128 Å². The van der Waals surface area contributed by atoms with Crippen molar-refractivity contribution in [2.24, 2.45) is 0 Å². The Morgan fingerprint density at radius 1 is 1.04 bits per heavy atom. The number of carbonyl (C=O) groups excluding carboxylic acids is 1. The molecule has 1 amide bonds. The van der Waals surface area contributed by atoms with Crippen molar-refractivity contribution in [1.82, 2.24) is 19.1 Å². The number of hydrogen-bond donors (Lipinski definition) is 1. The summed E-state index contributed by atoms with van der Waals surface area (Å²) in [5, 5.41) is 7.77. The molecule has 1 aromatic heterocycles. The predicted octanol–water partition coefficient (Wildman–Crippen LogP) is 4.40. The summed E-state index contributed by atoms with van der Waals surface area (Å²) in [5.74, 6) is -0.750. The van der Waals surface area contributed by atoms with Gasteiger partial charge in [0.05, 0.1) is 16.5 Å². The van der Waals surface area contributed by atoms with Crippen LogP contribution in [0.5, 0.6) is 5.75 Å². The molecule has 15 heteroatoms. The van der Waals surface area contributed by atoms with Crippen LogP contribution in [0.15, 0.2) is 84.3 Å². The van der Waals surface area contributed by atoms with Gasteiger partial charge in [-0.1, -0.05) is 29.3 Å². The number of carbonyl (C=O) groups is 1. The number of rotatable bonds is 10. The van der Waals surface area contributed by atoms with Crippen LogP contribution in [0.1, 0.15) is 12.5 Å². The quantitative estimate of drug-likeness (QED) is 0.258. The number of amides is 1. The summed E-state index contributed by atoms with van der Waals surface area (Å²) in [4.78, 5) is 17.6. The third-order valence-corrected chi connectivity index (χ3v) is 10.2. The van der Waals surface area contributed by atoms with E-state index in [0.29, 0.717) is 53.2 Å². The first-order valence-electron chi connectivity index (χ1n) is 14.6. The fraction of sp³-hybridized carbons (Fsp3) is 0.323. The number of piperazine rings is 1. The molecular formula is C31H32Cl2N6O6S. The van der Waals surface area contributed by atoms with Crippen LogP contribution in [0.4, 0.5) is 11.4 Å². The minimum absolute atomic E-state index is 0.195. The van der Waals surface area contributed by atoms with E-state index in [2.05, 4.69) is 20.3 Å². The molecule has 2 fully saturated rings. The summed E-state index contributed by atoms with van der Waals surface area (Å²) in [6, 6.07) is 19.0. The first-order valence-corrected chi connectivity index (χ1v) is 16.8. The lowest BCUT2D eigenvalue weighted by molar-refractivity contribution is -0.190. The van der Waals surface area contributed by atoms with E-state index in [4.69, 9.17) is 37.4 Å². The van der Waals surface area contributed by atoms with Gasteiger partial charge < -0.3 is 24.4 Å². The minimum atomic E-state index is -3.65. The number of aromatic nitrogens is 3. The van der Waals surface area contributed by atoms with Crippen LogP contribution in [-0.2, 0) is 36.6 Å². The molecule has 12 nitrogen and oxygen atoms in total. The van der Waals surface area contributed by atoms with Crippen molar-refractivity contribution in [3.63, 3.8) is 0 Å². The van der Waals surface area contributed by atoms with E-state index in [1.165, 1.54) is 29.7 Å². The number of halogens is 2. The number of nitrogens with one attached hydrogen (secondary N) is 1. The van der Waals surface area contributed by atoms with Gasteiger partial charge >= 0.3 is 0 Å². The van der Waals surface area contributed by atoms with Gasteiger partial charge in [0.25, 0.3) is 0 Å². The Bertz CT molecular complexity index is 1770. The van der Waals surface area contributed by atoms with Crippen LogP contribution in [0.25, 0.3) is 0 Å². The molecule has 2 atom stereocenters. The maximum atomic E-state index is 13.2. The second-order valence-corrected chi connectivity index (χ2v) is 13.7. The lowest BCUT2D eigenvalue weighted by Gasteiger charge is -2.35. The molecular weight excluding hydrogens is 655 g/mol. The standard InChI is InChI=1S/C31H32Cl2N6O6S/c1-22(40)36-24-3-9-28(10-4-24)46(41,42)39-14-12-37(13-15-39)25-5-7-26(8-6-25)43-17-27-18-44-31(45-27,19-38-21-34-20-35-38)29-11-2-23(32)16-30(29)33/h2-11,16,20-21,27H,12-15,17-19H2,1H3,(H,36,40)/t27-,31-/m1/s1. The van der Waals surface area contributed by atoms with Crippen molar-refractivity contribution in [1.29, 1.82) is 0 Å². The summed E-state index contributed by atoms with van der Waals surface area (Å²) < 4.78 is 48.2. The summed E-state index contributed by atoms with van der Waals surface area (Å²) in [7, 11) is -3.65. The van der Waals surface area contributed by atoms with E-state index < -0.39 is 15.8 Å². The first-order chi connectivity index (χ1) is 22.1. The maximum absolute atomic E-state index is 13.2. The predicted molar refractivity (Wildman–Crippen MR) is 173 cm³/mol. The van der Waals surface area contributed by atoms with Crippen LogP contribution in [0.2, 0.25) is 10.0 Å². The van der Waals surface area contributed by atoms with Crippen molar-refractivity contribution in [3.8, 4) is 5.75 Å². The highest BCUT2D eigenvalue weighted by molar-refractivity contribution is 7.89. The Morgan fingerprint density at radius 3 is 2.43 bits per heavy atom. The zero-order chi connectivity index (χ0) is 32.3. The normalized spacial score (nSPS) is 20.5. The van der Waals surface area contributed by atoms with Crippen molar-refractivity contribution < 1.29 is 27.4 Å². The van der Waals surface area contributed by atoms with Gasteiger partial charge in [-0.3, -0.25) is 4.79 Å². The highest BCUT2D eigenvalue weighted by atomic mass is 35.5. The Morgan fingerprint density at radius 2 is 1.78 bits per heavy atom. The van der Waals surface area contributed by atoms with E-state index >= 15 is 0 Å². The van der Waals surface area contributed by atoms with E-state index in [1.54, 1.807) is 41.3 Å². The van der Waals surface area contributed by atoms with Gasteiger partial charge in [0.2, 0.25) is 21.7 Å². The Hall–Kier alpha value is -3.72. The van der Waals surface area contributed by atoms with E-state index in [1.807, 2.05) is 24.3 Å². The third-order valence-electron chi connectivity index (χ3n) is 7.73. The van der Waals surface area contributed by atoms with Crippen LogP contribution < -0.4 is 15.0 Å². The van der Waals surface area contributed by atoms with Gasteiger partial charge in [-0.15, -0.1) is 0 Å². The maximum Gasteiger partial charge on any atom is 0.243 e. The summed E-state index contributed by atoms with van der Waals surface area (Å²) >= 11 is 12.7. The average molecular weight is 688 g/mol. The van der Waals surface area contributed by atoms with Crippen LogP contribution in [0.3, 0.4) is 0 Å². The molecule has 3 aromatic carbocycles. The highest BCUT2D eigenvalue weighted by Crippen LogP contribution is 2.40. The van der Waals surface area contributed by atoms with Crippen molar-refractivity contribution in [2.75, 3.05) is 49.6 Å². The molecule has 2 aliphatic heterocycles. The molecule has 242 valence electrons. The number of ether oxygens (including phenoxy) is 3. The first kappa shape index (κ1) is 32.2. The monoisotopic (exact) mass is 686 g/mol. The smallest absolute Gasteiger partial charge is 0.243 e. The Labute approximate surface area is 276 Å². The van der Waals surface area contributed by atoms with Gasteiger partial charge in [0, 0.05) is 55.1 Å². The number of sulfonamides is 1. The molecule has 0 spiro atoms. The van der Waals surface area contributed by atoms with Gasteiger partial charge in [0.1, 0.15) is 37.7 Å². The average Bonchev–Trinajstić information content (AvgIpc) is 3.71. The molecule has 0 radical (unpaired) electrons. The number of benzene rings is 3. The van der Waals surface area contributed by atoms with Crippen molar-refractivity contribution in [3.05, 3.63) is 95.0 Å². The number of anilines is 2. The van der Waals surface area contributed by atoms with Crippen LogP contribution >= 0.6 is 23.2 Å². The lowest BCUT2D eigenvalue weighted by Crippen LogP contribution is -2.48. The molecule has 0 saturated carbocycles. The fourth-order valence-electron chi connectivity index (χ4n) is 5.47. The molecule has 2 aliphatic rings. The SMILES string of the molecule is CC(=O)Nc1ccc(S(=O)(=O)N2CCN(c3ccc(OC[C@@H]4CO[C@@](Cn5cncn5)(c5ccc(Cl)cc5Cl)O4)cc3)CC2)cc1. The number of nitrogens with zero attached hydrogens (tertiary/aromatic N) is 5. The summed E-state index contributed by atoms with van der Waals surface area (Å²) in [5.41, 5.74) is 2.15. The molecule has 0 bridgehead atoms. The van der Waals surface area contributed by atoms with Crippen molar-refractivity contribution >= 4 is 50.5 Å². The second kappa shape index (κ2) is 13.6. The number of hydrogen-bond acceptors (Lipinski definition) is 9. The summed E-state index contributed by atoms with van der Waals surface area (Å²) in [6.07, 6.45) is 2.64. The zero-order valence-electron chi connectivity index (χ0n) is 24.9. The zero-order valence-corrected chi connectivity index (χ0v) is 27.2. The van der Waals surface area contributed by atoms with Crippen LogP contribution in [0, 0.1) is 0 Å². The van der Waals surface area contributed by atoms with E-state index in [9.17, 15) is 13.2 Å².